The van der Waals surface area contributed by atoms with Crippen LogP contribution < -0.4 is 10.2 Å². The van der Waals surface area contributed by atoms with Crippen LogP contribution in [-0.4, -0.2) is 43.7 Å². The van der Waals surface area contributed by atoms with Crippen molar-refractivity contribution in [2.24, 2.45) is 0 Å². The number of furan rings is 1. The summed E-state index contributed by atoms with van der Waals surface area (Å²) in [7, 11) is 4.27. The highest BCUT2D eigenvalue weighted by Crippen LogP contribution is 2.06. The molecule has 1 aromatic heterocycles. The minimum atomic E-state index is 0.449. The molecule has 0 radical (unpaired) electrons. The zero-order valence-corrected chi connectivity index (χ0v) is 13.0. The molecule has 0 bridgehead atoms. The summed E-state index contributed by atoms with van der Waals surface area (Å²) in [5, 5.41) is 12.7. The lowest BCUT2D eigenvalue weighted by molar-refractivity contribution is -0.858. The summed E-state index contributed by atoms with van der Waals surface area (Å²) in [6, 6.07) is 5.92. The van der Waals surface area contributed by atoms with Crippen LogP contribution in [0.4, 0.5) is 0 Å². The van der Waals surface area contributed by atoms with Crippen LogP contribution in [-0.2, 0) is 6.54 Å². The van der Waals surface area contributed by atoms with Crippen molar-refractivity contribution in [3.05, 3.63) is 24.2 Å². The molecule has 5 nitrogen and oxygen atoms in total. The Bertz CT molecular complexity index is 425. The van der Waals surface area contributed by atoms with Crippen molar-refractivity contribution < 1.29 is 9.32 Å². The molecule has 0 atom stereocenters. The van der Waals surface area contributed by atoms with Gasteiger partial charge in [-0.3, -0.25) is 0 Å². The lowest BCUT2D eigenvalue weighted by Gasteiger charge is -2.24. The maximum absolute atomic E-state index is 8.73. The van der Waals surface area contributed by atoms with E-state index in [1.165, 1.54) is 4.90 Å². The second-order valence-corrected chi connectivity index (χ2v) is 5.34. The Balaban J connectivity index is 2.41. The quantitative estimate of drug-likeness (QED) is 0.537. The van der Waals surface area contributed by atoms with Crippen molar-refractivity contribution in [1.29, 1.82) is 5.26 Å². The van der Waals surface area contributed by atoms with Gasteiger partial charge in [0.25, 0.3) is 0 Å². The molecule has 0 aliphatic heterocycles. The molecule has 1 aromatic rings. The van der Waals surface area contributed by atoms with Crippen LogP contribution >= 0.6 is 12.2 Å². The average Bonchev–Trinajstić information content (AvgIpc) is 2.92. The summed E-state index contributed by atoms with van der Waals surface area (Å²) in [4.78, 5) is 3.40. The third-order valence-electron chi connectivity index (χ3n) is 2.84. The first-order chi connectivity index (χ1) is 9.63. The number of nitrogens with one attached hydrogen (secondary N) is 2. The molecular formula is C14H23N4OS+. The van der Waals surface area contributed by atoms with E-state index >= 15 is 0 Å². The summed E-state index contributed by atoms with van der Waals surface area (Å²) in [5.41, 5.74) is 0. The predicted octanol–water partition coefficient (Wildman–Crippen LogP) is 0.404. The zero-order valence-electron chi connectivity index (χ0n) is 12.2. The van der Waals surface area contributed by atoms with Crippen molar-refractivity contribution in [3.8, 4) is 6.07 Å². The summed E-state index contributed by atoms with van der Waals surface area (Å²) in [6.07, 6.45) is 3.16. The molecular weight excluding hydrogens is 272 g/mol. The summed E-state index contributed by atoms with van der Waals surface area (Å²) >= 11 is 5.40. The summed E-state index contributed by atoms with van der Waals surface area (Å²) in [6.45, 7) is 3.17. The Hall–Kier alpha value is -1.58. The number of thiocarbonyl (C=S) groups is 1. The van der Waals surface area contributed by atoms with Crippen molar-refractivity contribution in [2.75, 3.05) is 33.7 Å². The fourth-order valence-corrected chi connectivity index (χ4v) is 2.03. The van der Waals surface area contributed by atoms with E-state index in [0.717, 1.165) is 25.3 Å². The van der Waals surface area contributed by atoms with E-state index in [2.05, 4.69) is 25.5 Å². The maximum atomic E-state index is 8.73. The molecule has 0 aliphatic rings. The first-order valence-corrected chi connectivity index (χ1v) is 7.25. The van der Waals surface area contributed by atoms with Gasteiger partial charge in [-0.2, -0.15) is 5.26 Å². The second-order valence-electron chi connectivity index (χ2n) is 4.95. The standard InChI is InChI=1S/C14H22N4OS/c1-17(2)9-5-8-16-14(20)18(10-4-7-15)12-13-6-3-11-19-13/h3,6,11H,4-5,8-10,12H2,1-2H3,(H,16,20)/p+1. The van der Waals surface area contributed by atoms with Gasteiger partial charge >= 0.3 is 0 Å². The fourth-order valence-electron chi connectivity index (χ4n) is 1.78. The van der Waals surface area contributed by atoms with E-state index in [-0.39, 0.29) is 0 Å². The Kier molecular flexibility index (Phi) is 7.70. The van der Waals surface area contributed by atoms with Crippen LogP contribution in [0.1, 0.15) is 18.6 Å². The van der Waals surface area contributed by atoms with Crippen LogP contribution in [0, 0.1) is 11.3 Å². The van der Waals surface area contributed by atoms with E-state index in [4.69, 9.17) is 21.9 Å². The third-order valence-corrected chi connectivity index (χ3v) is 3.24. The second kappa shape index (κ2) is 9.34. The highest BCUT2D eigenvalue weighted by atomic mass is 32.1. The van der Waals surface area contributed by atoms with E-state index in [1.54, 1.807) is 6.26 Å². The molecule has 110 valence electrons. The van der Waals surface area contributed by atoms with Crippen LogP contribution in [0.5, 0.6) is 0 Å². The Labute approximate surface area is 126 Å². The molecule has 0 saturated carbocycles. The molecule has 0 amide bonds. The largest absolute Gasteiger partial charge is 0.467 e. The maximum Gasteiger partial charge on any atom is 0.169 e. The van der Waals surface area contributed by atoms with Gasteiger partial charge < -0.3 is 19.5 Å². The monoisotopic (exact) mass is 295 g/mol. The van der Waals surface area contributed by atoms with Gasteiger partial charge in [0.15, 0.2) is 5.11 Å². The van der Waals surface area contributed by atoms with E-state index < -0.39 is 0 Å². The Morgan fingerprint density at radius 1 is 1.55 bits per heavy atom. The van der Waals surface area contributed by atoms with Crippen LogP contribution in [0.3, 0.4) is 0 Å². The van der Waals surface area contributed by atoms with Gasteiger partial charge in [0.05, 0.1) is 45.9 Å². The smallest absolute Gasteiger partial charge is 0.169 e. The first-order valence-electron chi connectivity index (χ1n) is 6.84. The normalized spacial score (nSPS) is 10.3. The molecule has 0 spiro atoms. The summed E-state index contributed by atoms with van der Waals surface area (Å²) in [5.74, 6) is 0.852. The number of rotatable bonds is 8. The van der Waals surface area contributed by atoms with Gasteiger partial charge in [-0.05, 0) is 24.4 Å². The average molecular weight is 295 g/mol. The molecule has 20 heavy (non-hydrogen) atoms. The molecule has 0 aliphatic carbocycles. The van der Waals surface area contributed by atoms with E-state index in [9.17, 15) is 0 Å². The number of nitriles is 1. The zero-order chi connectivity index (χ0) is 14.8. The molecule has 1 rings (SSSR count). The van der Waals surface area contributed by atoms with Crippen LogP contribution in [0.15, 0.2) is 22.8 Å². The van der Waals surface area contributed by atoms with Crippen LogP contribution in [0.2, 0.25) is 0 Å². The van der Waals surface area contributed by atoms with Crippen molar-refractivity contribution >= 4 is 17.3 Å². The number of hydrogen-bond donors (Lipinski definition) is 2. The Morgan fingerprint density at radius 2 is 2.35 bits per heavy atom. The lowest BCUT2D eigenvalue weighted by atomic mass is 10.3. The molecule has 0 fully saturated rings. The SMILES string of the molecule is C[NH+](C)CCCNC(=S)N(CCC#N)Cc1ccco1. The van der Waals surface area contributed by atoms with Gasteiger partial charge in [0.2, 0.25) is 0 Å². The molecule has 2 N–H and O–H groups in total. The molecule has 0 aromatic carbocycles. The van der Waals surface area contributed by atoms with Crippen molar-refractivity contribution in [2.45, 2.75) is 19.4 Å². The van der Waals surface area contributed by atoms with Crippen molar-refractivity contribution in [1.82, 2.24) is 10.2 Å². The van der Waals surface area contributed by atoms with Gasteiger partial charge in [-0.1, -0.05) is 0 Å². The number of hydrogen-bond acceptors (Lipinski definition) is 3. The molecule has 0 saturated heterocycles. The number of nitrogens with zero attached hydrogens (tertiary/aromatic N) is 2. The third kappa shape index (κ3) is 6.55. The predicted molar refractivity (Wildman–Crippen MR) is 82.2 cm³/mol. The number of quaternary nitrogens is 1. The topological polar surface area (TPSA) is 56.6 Å². The van der Waals surface area contributed by atoms with E-state index in [0.29, 0.717) is 24.6 Å². The summed E-state index contributed by atoms with van der Waals surface area (Å²) < 4.78 is 5.34. The highest BCUT2D eigenvalue weighted by molar-refractivity contribution is 7.80. The van der Waals surface area contributed by atoms with Gasteiger partial charge in [0.1, 0.15) is 5.76 Å². The minimum Gasteiger partial charge on any atom is -0.467 e. The molecule has 1 heterocycles. The van der Waals surface area contributed by atoms with Gasteiger partial charge in [0, 0.05) is 19.5 Å². The van der Waals surface area contributed by atoms with Crippen LogP contribution in [0.25, 0.3) is 0 Å². The van der Waals surface area contributed by atoms with Gasteiger partial charge in [-0.15, -0.1) is 0 Å². The first kappa shape index (κ1) is 16.5. The van der Waals surface area contributed by atoms with Crippen molar-refractivity contribution in [3.63, 3.8) is 0 Å². The minimum absolute atomic E-state index is 0.449. The Morgan fingerprint density at radius 3 is 2.95 bits per heavy atom. The van der Waals surface area contributed by atoms with E-state index in [1.807, 2.05) is 17.0 Å². The lowest BCUT2D eigenvalue weighted by Crippen LogP contribution is -3.05. The fraction of sp³-hybridized carbons (Fsp3) is 0.571. The van der Waals surface area contributed by atoms with Gasteiger partial charge in [-0.25, -0.2) is 0 Å². The highest BCUT2D eigenvalue weighted by Gasteiger charge is 2.11. The molecule has 6 heteroatoms. The molecule has 0 unspecified atom stereocenters.